The number of aromatic nitrogens is 3. The number of nitrogens with one attached hydrogen (secondary N) is 1. The van der Waals surface area contributed by atoms with Crippen molar-refractivity contribution in [3.63, 3.8) is 0 Å². The van der Waals surface area contributed by atoms with E-state index in [2.05, 4.69) is 36.2 Å². The number of hydrogen-bond acceptors (Lipinski definition) is 5. The molecule has 2 rings (SSSR count). The van der Waals surface area contributed by atoms with Crippen molar-refractivity contribution in [3.05, 3.63) is 34.9 Å². The molecule has 7 heteroatoms. The Labute approximate surface area is 105 Å². The highest BCUT2D eigenvalue weighted by molar-refractivity contribution is 9.10. The summed E-state index contributed by atoms with van der Waals surface area (Å²) in [7, 11) is 1.64. The van der Waals surface area contributed by atoms with Crippen LogP contribution in [0.25, 0.3) is 0 Å². The zero-order chi connectivity index (χ0) is 12.3. The molecular weight excluding hydrogens is 291 g/mol. The molecule has 0 atom stereocenters. The van der Waals surface area contributed by atoms with E-state index in [1.165, 1.54) is 6.20 Å². The molecule has 2 aromatic rings. The van der Waals surface area contributed by atoms with Crippen LogP contribution in [0.2, 0.25) is 0 Å². The van der Waals surface area contributed by atoms with Crippen LogP contribution >= 0.6 is 15.9 Å². The predicted octanol–water partition coefficient (Wildman–Crippen LogP) is 2.61. The van der Waals surface area contributed by atoms with Gasteiger partial charge in [0, 0.05) is 17.7 Å². The van der Waals surface area contributed by atoms with Crippen molar-refractivity contribution in [2.75, 3.05) is 12.4 Å². The van der Waals surface area contributed by atoms with Crippen molar-refractivity contribution in [3.8, 4) is 11.6 Å². The number of hydrogen-bond donors (Lipinski definition) is 1. The first-order valence-electron chi connectivity index (χ1n) is 4.68. The molecule has 0 aliphatic carbocycles. The van der Waals surface area contributed by atoms with E-state index >= 15 is 0 Å². The first-order valence-corrected chi connectivity index (χ1v) is 5.47. The molecule has 5 nitrogen and oxygen atoms in total. The number of pyridine rings is 1. The molecule has 0 aliphatic rings. The van der Waals surface area contributed by atoms with Gasteiger partial charge >= 0.3 is 0 Å². The predicted molar refractivity (Wildman–Crippen MR) is 63.5 cm³/mol. The van der Waals surface area contributed by atoms with Crippen LogP contribution in [0.5, 0.6) is 11.6 Å². The summed E-state index contributed by atoms with van der Waals surface area (Å²) < 4.78 is 19.4. The molecule has 1 N–H and O–H groups in total. The SMILES string of the molecule is CNc1ncc(F)c(Oc2cncc(Br)c2)n1. The zero-order valence-corrected chi connectivity index (χ0v) is 10.4. The fourth-order valence-corrected chi connectivity index (χ4v) is 1.45. The van der Waals surface area contributed by atoms with E-state index in [1.807, 2.05) is 0 Å². The summed E-state index contributed by atoms with van der Waals surface area (Å²) in [5.74, 6) is -0.114. The number of halogens is 2. The van der Waals surface area contributed by atoms with E-state index in [0.717, 1.165) is 10.7 Å². The Bertz CT molecular complexity index is 537. The maximum Gasteiger partial charge on any atom is 0.260 e. The van der Waals surface area contributed by atoms with Crippen molar-refractivity contribution in [1.82, 2.24) is 15.0 Å². The monoisotopic (exact) mass is 298 g/mol. The zero-order valence-electron chi connectivity index (χ0n) is 8.82. The lowest BCUT2D eigenvalue weighted by Gasteiger charge is -2.06. The van der Waals surface area contributed by atoms with Gasteiger partial charge in [0.2, 0.25) is 11.8 Å². The summed E-state index contributed by atoms with van der Waals surface area (Å²) in [6.07, 6.45) is 4.10. The van der Waals surface area contributed by atoms with Crippen LogP contribution in [0.1, 0.15) is 0 Å². The van der Waals surface area contributed by atoms with Gasteiger partial charge in [0.15, 0.2) is 0 Å². The van der Waals surface area contributed by atoms with Crippen LogP contribution in [0.4, 0.5) is 10.3 Å². The highest BCUT2D eigenvalue weighted by atomic mass is 79.9. The smallest absolute Gasteiger partial charge is 0.260 e. The number of anilines is 1. The van der Waals surface area contributed by atoms with Crippen molar-refractivity contribution < 1.29 is 9.13 Å². The Kier molecular flexibility index (Phi) is 3.48. The third-order valence-electron chi connectivity index (χ3n) is 1.83. The molecule has 0 aromatic carbocycles. The Balaban J connectivity index is 2.29. The third-order valence-corrected chi connectivity index (χ3v) is 2.26. The van der Waals surface area contributed by atoms with Crippen LogP contribution in [-0.2, 0) is 0 Å². The molecule has 2 aromatic heterocycles. The molecule has 88 valence electrons. The topological polar surface area (TPSA) is 59.9 Å². The summed E-state index contributed by atoms with van der Waals surface area (Å²) in [5.41, 5.74) is 0. The van der Waals surface area contributed by atoms with Crippen LogP contribution in [0.3, 0.4) is 0 Å². The lowest BCUT2D eigenvalue weighted by Crippen LogP contribution is -2.00. The average Bonchev–Trinajstić information content (AvgIpc) is 2.32. The Hall–Kier alpha value is -1.76. The maximum absolute atomic E-state index is 13.4. The number of nitrogens with zero attached hydrogens (tertiary/aromatic N) is 3. The van der Waals surface area contributed by atoms with Crippen molar-refractivity contribution >= 4 is 21.9 Å². The summed E-state index contributed by atoms with van der Waals surface area (Å²) >= 11 is 3.24. The van der Waals surface area contributed by atoms with Gasteiger partial charge in [-0.3, -0.25) is 4.98 Å². The van der Waals surface area contributed by atoms with Crippen molar-refractivity contribution in [1.29, 1.82) is 0 Å². The fraction of sp³-hybridized carbons (Fsp3) is 0.100. The molecule has 0 saturated heterocycles. The van der Waals surface area contributed by atoms with E-state index in [-0.39, 0.29) is 11.8 Å². The van der Waals surface area contributed by atoms with E-state index in [0.29, 0.717) is 5.75 Å². The molecule has 0 saturated carbocycles. The quantitative estimate of drug-likeness (QED) is 0.944. The highest BCUT2D eigenvalue weighted by Gasteiger charge is 2.09. The molecule has 0 unspecified atom stereocenters. The standard InChI is InChI=1S/C10H8BrFN4O/c1-13-10-15-5-8(12)9(16-10)17-7-2-6(11)3-14-4-7/h2-5H,1H3,(H,13,15,16). The number of rotatable bonds is 3. The van der Waals surface area contributed by atoms with Crippen LogP contribution in [0.15, 0.2) is 29.1 Å². The van der Waals surface area contributed by atoms with Crippen LogP contribution < -0.4 is 10.1 Å². The van der Waals surface area contributed by atoms with Crippen molar-refractivity contribution in [2.45, 2.75) is 0 Å². The highest BCUT2D eigenvalue weighted by Crippen LogP contribution is 2.24. The minimum absolute atomic E-state index is 0.149. The van der Waals surface area contributed by atoms with Gasteiger partial charge in [0.05, 0.1) is 12.4 Å². The molecule has 0 aliphatic heterocycles. The first kappa shape index (κ1) is 11.7. The largest absolute Gasteiger partial charge is 0.435 e. The molecule has 0 spiro atoms. The Morgan fingerprint density at radius 2 is 2.18 bits per heavy atom. The molecule has 0 bridgehead atoms. The van der Waals surface area contributed by atoms with Gasteiger partial charge in [-0.1, -0.05) is 0 Å². The molecule has 0 fully saturated rings. The van der Waals surface area contributed by atoms with Crippen LogP contribution in [-0.4, -0.2) is 22.0 Å². The fourth-order valence-electron chi connectivity index (χ4n) is 1.10. The van der Waals surface area contributed by atoms with E-state index in [4.69, 9.17) is 4.74 Å². The van der Waals surface area contributed by atoms with Gasteiger partial charge in [-0.2, -0.15) is 9.37 Å². The van der Waals surface area contributed by atoms with Crippen molar-refractivity contribution in [2.24, 2.45) is 0 Å². The average molecular weight is 299 g/mol. The summed E-state index contributed by atoms with van der Waals surface area (Å²) in [6, 6.07) is 1.66. The van der Waals surface area contributed by atoms with Gasteiger partial charge in [0.1, 0.15) is 5.75 Å². The second-order valence-corrected chi connectivity index (χ2v) is 3.95. The van der Waals surface area contributed by atoms with E-state index < -0.39 is 5.82 Å². The Morgan fingerprint density at radius 3 is 2.88 bits per heavy atom. The summed E-state index contributed by atoms with van der Waals surface area (Å²) in [4.78, 5) is 11.5. The van der Waals surface area contributed by atoms with Gasteiger partial charge in [-0.15, -0.1) is 0 Å². The first-order chi connectivity index (χ1) is 8.19. The normalized spacial score (nSPS) is 10.1. The summed E-state index contributed by atoms with van der Waals surface area (Å²) in [6.45, 7) is 0. The van der Waals surface area contributed by atoms with Gasteiger partial charge in [0.25, 0.3) is 5.88 Å². The second kappa shape index (κ2) is 5.05. The minimum Gasteiger partial charge on any atom is -0.435 e. The minimum atomic E-state index is -0.635. The Morgan fingerprint density at radius 1 is 1.35 bits per heavy atom. The maximum atomic E-state index is 13.4. The number of ether oxygens (including phenoxy) is 1. The molecule has 0 amide bonds. The second-order valence-electron chi connectivity index (χ2n) is 3.04. The van der Waals surface area contributed by atoms with Gasteiger partial charge in [-0.25, -0.2) is 4.98 Å². The van der Waals surface area contributed by atoms with Gasteiger partial charge in [-0.05, 0) is 22.0 Å². The lowest BCUT2D eigenvalue weighted by molar-refractivity contribution is 0.419. The summed E-state index contributed by atoms with van der Waals surface area (Å²) in [5, 5.41) is 2.70. The van der Waals surface area contributed by atoms with E-state index in [1.54, 1.807) is 19.3 Å². The third kappa shape index (κ3) is 2.88. The lowest BCUT2D eigenvalue weighted by atomic mass is 10.4. The van der Waals surface area contributed by atoms with E-state index in [9.17, 15) is 4.39 Å². The van der Waals surface area contributed by atoms with Crippen LogP contribution in [0, 0.1) is 5.82 Å². The molecule has 2 heterocycles. The molecule has 0 radical (unpaired) electrons. The van der Waals surface area contributed by atoms with Gasteiger partial charge < -0.3 is 10.1 Å². The molecule has 17 heavy (non-hydrogen) atoms. The molecular formula is C10H8BrFN4O.